The number of epoxide rings is 1. The highest BCUT2D eigenvalue weighted by Crippen LogP contribution is 2.43. The average Bonchev–Trinajstić information content (AvgIpc) is 3.69. The summed E-state index contributed by atoms with van der Waals surface area (Å²) in [7, 11) is 0. The molecule has 3 fully saturated rings. The molecule has 3 saturated heterocycles. The number of carbonyl (C=O) groups is 2. The minimum Gasteiger partial charge on any atom is -0.387 e. The predicted octanol–water partition coefficient (Wildman–Crippen LogP) is 3.07. The van der Waals surface area contributed by atoms with Crippen molar-refractivity contribution in [1.29, 1.82) is 0 Å². The van der Waals surface area contributed by atoms with Crippen molar-refractivity contribution in [2.45, 2.75) is 121 Å². The third-order valence-corrected chi connectivity index (χ3v) is 8.17. The maximum atomic E-state index is 12.4. The largest absolute Gasteiger partial charge is 0.387 e. The van der Waals surface area contributed by atoms with Gasteiger partial charge in [-0.2, -0.15) is 0 Å². The molecule has 0 aromatic rings. The number of aliphatic hydroxyl groups is 1. The number of hydrogen-bond acceptors (Lipinski definition) is 7. The van der Waals surface area contributed by atoms with Crippen molar-refractivity contribution in [1.82, 2.24) is 10.6 Å². The fraction of sp³-hybridized carbons (Fsp3) is 0.742. The second-order valence-corrected chi connectivity index (χ2v) is 11.7. The summed E-state index contributed by atoms with van der Waals surface area (Å²) >= 11 is 0. The quantitative estimate of drug-likeness (QED) is 0.111. The van der Waals surface area contributed by atoms with Crippen LogP contribution in [0.25, 0.3) is 0 Å². The van der Waals surface area contributed by atoms with Crippen molar-refractivity contribution in [3.05, 3.63) is 36.0 Å². The summed E-state index contributed by atoms with van der Waals surface area (Å²) in [6, 6.07) is -0.00156. The molecule has 40 heavy (non-hydrogen) atoms. The monoisotopic (exact) mass is 561 g/mol. The van der Waals surface area contributed by atoms with Crippen molar-refractivity contribution < 1.29 is 28.9 Å². The summed E-state index contributed by atoms with van der Waals surface area (Å²) < 4.78 is 18.1. The molecular formula is C31H51N3O6. The Balaban J connectivity index is 1.49. The van der Waals surface area contributed by atoms with Crippen LogP contribution in [-0.2, 0) is 23.8 Å². The topological polar surface area (TPSA) is 135 Å². The van der Waals surface area contributed by atoms with Gasteiger partial charge in [-0.25, -0.2) is 0 Å². The van der Waals surface area contributed by atoms with Crippen molar-refractivity contribution in [2.75, 3.05) is 19.7 Å². The van der Waals surface area contributed by atoms with Crippen LogP contribution in [-0.4, -0.2) is 78.8 Å². The van der Waals surface area contributed by atoms with Crippen LogP contribution >= 0.6 is 0 Å². The summed E-state index contributed by atoms with van der Waals surface area (Å²) in [5, 5.41) is 16.9. The predicted molar refractivity (Wildman–Crippen MR) is 155 cm³/mol. The van der Waals surface area contributed by atoms with Gasteiger partial charge in [-0.3, -0.25) is 9.59 Å². The molecule has 3 heterocycles. The number of aliphatic hydroxyl groups excluding tert-OH is 1. The first-order chi connectivity index (χ1) is 19.2. The van der Waals surface area contributed by atoms with E-state index in [2.05, 4.69) is 23.6 Å². The van der Waals surface area contributed by atoms with Crippen LogP contribution in [0.4, 0.5) is 0 Å². The van der Waals surface area contributed by atoms with Gasteiger partial charge < -0.3 is 35.7 Å². The molecule has 1 spiro atoms. The molecule has 9 nitrogen and oxygen atoms in total. The first kappa shape index (κ1) is 32.5. The van der Waals surface area contributed by atoms with Gasteiger partial charge in [-0.1, -0.05) is 50.1 Å². The molecule has 0 unspecified atom stereocenters. The molecule has 0 aromatic carbocycles. The van der Waals surface area contributed by atoms with Gasteiger partial charge in [0.2, 0.25) is 11.8 Å². The number of ether oxygens (including phenoxy) is 3. The van der Waals surface area contributed by atoms with E-state index in [0.717, 1.165) is 44.1 Å². The summed E-state index contributed by atoms with van der Waals surface area (Å²) in [4.78, 5) is 24.6. The maximum Gasteiger partial charge on any atom is 0.243 e. The van der Waals surface area contributed by atoms with E-state index in [1.54, 1.807) is 6.08 Å². The fourth-order valence-corrected chi connectivity index (χ4v) is 5.54. The Morgan fingerprint density at radius 2 is 1.93 bits per heavy atom. The average molecular weight is 562 g/mol. The van der Waals surface area contributed by atoms with Crippen LogP contribution in [0.3, 0.4) is 0 Å². The van der Waals surface area contributed by atoms with Crippen molar-refractivity contribution in [2.24, 2.45) is 11.7 Å². The van der Waals surface area contributed by atoms with Gasteiger partial charge in [0.05, 0.1) is 37.4 Å². The van der Waals surface area contributed by atoms with Crippen molar-refractivity contribution in [3.8, 4) is 0 Å². The maximum absolute atomic E-state index is 12.4. The number of unbranched alkanes of at least 4 members (excludes halogenated alkanes) is 2. The lowest BCUT2D eigenvalue weighted by molar-refractivity contribution is -0.145. The van der Waals surface area contributed by atoms with E-state index in [-0.39, 0.29) is 42.6 Å². The zero-order chi connectivity index (χ0) is 29.1. The van der Waals surface area contributed by atoms with E-state index in [9.17, 15) is 14.7 Å². The molecule has 226 valence electrons. The lowest BCUT2D eigenvalue weighted by atomic mass is 9.87. The van der Waals surface area contributed by atoms with Crippen LogP contribution < -0.4 is 16.4 Å². The van der Waals surface area contributed by atoms with Crippen LogP contribution in [0.1, 0.15) is 79.1 Å². The van der Waals surface area contributed by atoms with Crippen LogP contribution in [0.2, 0.25) is 0 Å². The van der Waals surface area contributed by atoms with E-state index < -0.39 is 17.8 Å². The van der Waals surface area contributed by atoms with Crippen LogP contribution in [0.15, 0.2) is 36.0 Å². The van der Waals surface area contributed by atoms with Gasteiger partial charge in [0.25, 0.3) is 0 Å². The number of amides is 2. The molecular weight excluding hydrogens is 510 g/mol. The number of rotatable bonds is 14. The Hall–Kier alpha value is -2.04. The molecule has 3 aliphatic heterocycles. The summed E-state index contributed by atoms with van der Waals surface area (Å²) in [5.74, 6) is 0.187. The minimum absolute atomic E-state index is 0.00156. The highest BCUT2D eigenvalue weighted by Gasteiger charge is 2.58. The molecule has 0 saturated carbocycles. The molecule has 2 amide bonds. The smallest absolute Gasteiger partial charge is 0.243 e. The summed E-state index contributed by atoms with van der Waals surface area (Å²) in [6.45, 7) is 9.99. The van der Waals surface area contributed by atoms with E-state index >= 15 is 0 Å². The first-order valence-electron chi connectivity index (χ1n) is 15.1. The highest BCUT2D eigenvalue weighted by molar-refractivity contribution is 5.87. The van der Waals surface area contributed by atoms with E-state index in [4.69, 9.17) is 19.9 Å². The second kappa shape index (κ2) is 15.8. The van der Waals surface area contributed by atoms with Gasteiger partial charge in [0, 0.05) is 13.0 Å². The Labute approximate surface area is 239 Å². The number of hydrogen-bond donors (Lipinski definition) is 4. The first-order valence-corrected chi connectivity index (χ1v) is 15.1. The minimum atomic E-state index is -0.769. The van der Waals surface area contributed by atoms with Gasteiger partial charge in [-0.15, -0.1) is 0 Å². The lowest BCUT2D eigenvalue weighted by Gasteiger charge is -2.39. The normalized spacial score (nSPS) is 34.5. The van der Waals surface area contributed by atoms with Gasteiger partial charge in [0.1, 0.15) is 17.8 Å². The molecule has 0 radical (unpaired) electrons. The summed E-state index contributed by atoms with van der Waals surface area (Å²) in [6.07, 6.45) is 13.9. The van der Waals surface area contributed by atoms with Gasteiger partial charge in [-0.05, 0) is 64.5 Å². The number of nitrogens with one attached hydrogen (secondary N) is 2. The third kappa shape index (κ3) is 9.80. The van der Waals surface area contributed by atoms with Gasteiger partial charge >= 0.3 is 0 Å². The SMILES string of the molecule is CC/C=C\C(=O)N[C@@H]1C[C@H](C)[C@H](C/C=C(C)/C=C/[C@H]2O[C@H](CC(=O)NCCCCCN)C[C@@]3(CO3)[C@@H]2O)O[C@@H]1C. The van der Waals surface area contributed by atoms with E-state index in [1.807, 2.05) is 39.0 Å². The van der Waals surface area contributed by atoms with Crippen molar-refractivity contribution >= 4 is 11.8 Å². The lowest BCUT2D eigenvalue weighted by Crippen LogP contribution is -2.50. The Morgan fingerprint density at radius 1 is 1.15 bits per heavy atom. The molecule has 5 N–H and O–H groups in total. The molecule has 0 aliphatic carbocycles. The van der Waals surface area contributed by atoms with Gasteiger partial charge in [0.15, 0.2) is 0 Å². The molecule has 9 heteroatoms. The highest BCUT2D eigenvalue weighted by atomic mass is 16.6. The zero-order valence-corrected chi connectivity index (χ0v) is 24.8. The third-order valence-electron chi connectivity index (χ3n) is 8.17. The molecule has 0 aromatic heterocycles. The molecule has 3 aliphatic rings. The van der Waals surface area contributed by atoms with Crippen LogP contribution in [0.5, 0.6) is 0 Å². The Bertz CT molecular complexity index is 915. The summed E-state index contributed by atoms with van der Waals surface area (Å²) in [5.41, 5.74) is 5.95. The molecule has 0 bridgehead atoms. The van der Waals surface area contributed by atoms with Crippen LogP contribution in [0, 0.1) is 5.92 Å². The number of allylic oxidation sites excluding steroid dienone is 3. The zero-order valence-electron chi connectivity index (χ0n) is 24.8. The molecule has 3 rings (SSSR count). The standard InChI is InChI=1S/C31H51N3O6/c1-5-6-10-28(35)34-25-17-22(3)26(39-23(25)4)13-11-21(2)12-14-27-30(37)31(20-38-31)19-24(40-27)18-29(36)33-16-9-7-8-15-32/h6,10-12,14,22-27,30,37H,5,7-9,13,15-20,32H2,1-4H3,(H,33,36)(H,34,35)/b10-6-,14-12+,21-11+/t22-,23+,24+,25+,26-,27+,30+,31+/m0/s1. The molecule has 8 atom stereocenters. The second-order valence-electron chi connectivity index (χ2n) is 11.7. The Morgan fingerprint density at radius 3 is 2.62 bits per heavy atom. The number of nitrogens with two attached hydrogens (primary N) is 1. The Kier molecular flexibility index (Phi) is 12.8. The fourth-order valence-electron chi connectivity index (χ4n) is 5.54. The van der Waals surface area contributed by atoms with E-state index in [0.29, 0.717) is 32.0 Å². The van der Waals surface area contributed by atoms with Crippen molar-refractivity contribution in [3.63, 3.8) is 0 Å². The van der Waals surface area contributed by atoms with E-state index in [1.165, 1.54) is 0 Å². The number of carbonyl (C=O) groups excluding carboxylic acids is 2.